The second-order valence-electron chi connectivity index (χ2n) is 5.60. The summed E-state index contributed by atoms with van der Waals surface area (Å²) in [5.41, 5.74) is -0.669. The van der Waals surface area contributed by atoms with Gasteiger partial charge in [-0.1, -0.05) is 18.5 Å². The molecule has 7 nitrogen and oxygen atoms in total. The van der Waals surface area contributed by atoms with Crippen LogP contribution in [0.5, 0.6) is 0 Å². The van der Waals surface area contributed by atoms with Gasteiger partial charge in [-0.05, 0) is 37.6 Å². The molecule has 1 atom stereocenters. The van der Waals surface area contributed by atoms with E-state index in [-0.39, 0.29) is 0 Å². The van der Waals surface area contributed by atoms with Crippen LogP contribution in [0.1, 0.15) is 30.6 Å². The lowest BCUT2D eigenvalue weighted by molar-refractivity contribution is -0.146. The Kier molecular flexibility index (Phi) is 5.23. The van der Waals surface area contributed by atoms with Crippen molar-refractivity contribution in [2.24, 2.45) is 0 Å². The zero-order valence-electron chi connectivity index (χ0n) is 13.3. The van der Waals surface area contributed by atoms with Crippen LogP contribution in [0.15, 0.2) is 24.3 Å². The van der Waals surface area contributed by atoms with Crippen molar-refractivity contribution in [1.82, 2.24) is 10.2 Å². The summed E-state index contributed by atoms with van der Waals surface area (Å²) in [4.78, 5) is 48.4. The molecule has 0 unspecified atom stereocenters. The van der Waals surface area contributed by atoms with Gasteiger partial charge in [0.05, 0.1) is 0 Å². The van der Waals surface area contributed by atoms with Crippen LogP contribution in [0, 0.1) is 0 Å². The van der Waals surface area contributed by atoms with Gasteiger partial charge in [-0.3, -0.25) is 19.3 Å². The number of nitrogens with zero attached hydrogens (tertiary/aromatic N) is 1. The van der Waals surface area contributed by atoms with Crippen molar-refractivity contribution < 1.29 is 23.9 Å². The Hall–Kier alpha value is -2.41. The number of ketones is 1. The number of nitrogens with one attached hydrogen (secondary N) is 1. The van der Waals surface area contributed by atoms with Gasteiger partial charge in [0.25, 0.3) is 5.91 Å². The fraction of sp³-hybridized carbons (Fsp3) is 0.375. The van der Waals surface area contributed by atoms with E-state index >= 15 is 0 Å². The van der Waals surface area contributed by atoms with Gasteiger partial charge in [0.15, 0.2) is 12.4 Å². The molecule has 0 aliphatic carbocycles. The number of halogens is 1. The number of carbonyl (C=O) groups is 4. The van der Waals surface area contributed by atoms with Crippen LogP contribution in [0.4, 0.5) is 4.79 Å². The molecule has 1 aromatic rings. The van der Waals surface area contributed by atoms with E-state index in [9.17, 15) is 19.2 Å². The molecular weight excluding hydrogens is 336 g/mol. The number of hydrogen-bond donors (Lipinski definition) is 1. The van der Waals surface area contributed by atoms with Crippen molar-refractivity contribution in [3.63, 3.8) is 0 Å². The first-order valence-corrected chi connectivity index (χ1v) is 7.73. The fourth-order valence-electron chi connectivity index (χ4n) is 2.17. The van der Waals surface area contributed by atoms with E-state index < -0.39 is 42.4 Å². The first-order valence-electron chi connectivity index (χ1n) is 7.35. The summed E-state index contributed by atoms with van der Waals surface area (Å²) in [7, 11) is 0. The number of urea groups is 1. The normalized spacial score (nSPS) is 20.0. The molecule has 3 amide bonds. The van der Waals surface area contributed by atoms with Crippen LogP contribution < -0.4 is 5.32 Å². The number of benzene rings is 1. The Morgan fingerprint density at radius 2 is 1.88 bits per heavy atom. The summed E-state index contributed by atoms with van der Waals surface area (Å²) in [5, 5.41) is 3.02. The predicted molar refractivity (Wildman–Crippen MR) is 85.7 cm³/mol. The maximum atomic E-state index is 12.2. The Morgan fingerprint density at radius 1 is 1.25 bits per heavy atom. The molecule has 128 valence electrons. The third-order valence-electron chi connectivity index (χ3n) is 3.87. The third kappa shape index (κ3) is 3.73. The van der Waals surface area contributed by atoms with Crippen LogP contribution in [0.2, 0.25) is 5.02 Å². The van der Waals surface area contributed by atoms with Crippen LogP contribution in [0.25, 0.3) is 0 Å². The molecule has 0 bridgehead atoms. The molecule has 1 heterocycles. The summed E-state index contributed by atoms with van der Waals surface area (Å²) in [6.07, 6.45) is 0.401. The third-order valence-corrected chi connectivity index (χ3v) is 4.12. The molecule has 1 saturated heterocycles. The predicted octanol–water partition coefficient (Wildman–Crippen LogP) is 1.79. The molecule has 0 saturated carbocycles. The minimum atomic E-state index is -1.02. The monoisotopic (exact) mass is 352 g/mol. The van der Waals surface area contributed by atoms with E-state index in [4.69, 9.17) is 16.3 Å². The Morgan fingerprint density at radius 3 is 2.42 bits per heavy atom. The average Bonchev–Trinajstić information content (AvgIpc) is 2.77. The lowest BCUT2D eigenvalue weighted by Crippen LogP contribution is -2.43. The molecule has 2 rings (SSSR count). The van der Waals surface area contributed by atoms with E-state index in [1.165, 1.54) is 12.1 Å². The van der Waals surface area contributed by atoms with Crippen molar-refractivity contribution >= 4 is 35.3 Å². The van der Waals surface area contributed by atoms with Crippen molar-refractivity contribution in [2.45, 2.75) is 25.8 Å². The minimum absolute atomic E-state index is 0.348. The molecule has 1 N–H and O–H groups in total. The number of hydrogen-bond acceptors (Lipinski definition) is 5. The summed E-state index contributed by atoms with van der Waals surface area (Å²) in [6.45, 7) is 2.33. The Labute approximate surface area is 143 Å². The van der Waals surface area contributed by atoms with Gasteiger partial charge in [-0.2, -0.15) is 0 Å². The zero-order valence-corrected chi connectivity index (χ0v) is 14.1. The highest BCUT2D eigenvalue weighted by molar-refractivity contribution is 6.30. The highest BCUT2D eigenvalue weighted by atomic mass is 35.5. The van der Waals surface area contributed by atoms with E-state index in [1.807, 2.05) is 0 Å². The maximum Gasteiger partial charge on any atom is 0.326 e. The molecule has 0 spiro atoms. The number of imide groups is 1. The van der Waals surface area contributed by atoms with E-state index in [2.05, 4.69) is 5.32 Å². The van der Waals surface area contributed by atoms with Crippen molar-refractivity contribution in [1.29, 1.82) is 0 Å². The highest BCUT2D eigenvalue weighted by Crippen LogP contribution is 2.20. The second kappa shape index (κ2) is 7.00. The smallest absolute Gasteiger partial charge is 0.326 e. The molecule has 0 radical (unpaired) electrons. The lowest BCUT2D eigenvalue weighted by atomic mass is 9.99. The average molecular weight is 353 g/mol. The van der Waals surface area contributed by atoms with Gasteiger partial charge in [-0.25, -0.2) is 4.79 Å². The maximum absolute atomic E-state index is 12.2. The van der Waals surface area contributed by atoms with Gasteiger partial charge in [0.2, 0.25) is 0 Å². The van der Waals surface area contributed by atoms with Crippen molar-refractivity contribution in [2.75, 3.05) is 13.2 Å². The summed E-state index contributed by atoms with van der Waals surface area (Å²) in [5.74, 6) is -1.73. The molecule has 8 heteroatoms. The van der Waals surface area contributed by atoms with Gasteiger partial charge >= 0.3 is 12.0 Å². The zero-order chi connectivity index (χ0) is 17.9. The van der Waals surface area contributed by atoms with Crippen LogP contribution in [0.3, 0.4) is 0 Å². The van der Waals surface area contributed by atoms with Crippen molar-refractivity contribution in [3.8, 4) is 0 Å². The number of carbonyl (C=O) groups excluding carboxylic acids is 4. The fourth-order valence-corrected chi connectivity index (χ4v) is 2.30. The largest absolute Gasteiger partial charge is 0.456 e. The highest BCUT2D eigenvalue weighted by Gasteiger charge is 2.47. The van der Waals surface area contributed by atoms with E-state index in [1.54, 1.807) is 26.0 Å². The number of amides is 3. The molecule has 1 aliphatic heterocycles. The van der Waals surface area contributed by atoms with Crippen molar-refractivity contribution in [3.05, 3.63) is 34.9 Å². The summed E-state index contributed by atoms with van der Waals surface area (Å²) in [6, 6.07) is 5.49. The first kappa shape index (κ1) is 17.9. The molecule has 1 fully saturated rings. The molecule has 24 heavy (non-hydrogen) atoms. The van der Waals surface area contributed by atoms with Gasteiger partial charge in [-0.15, -0.1) is 0 Å². The SMILES string of the molecule is CC[C@]1(C)NC(=O)N(CC(=O)OCC(=O)c2ccc(Cl)cc2)C1=O. The van der Waals surface area contributed by atoms with E-state index in [0.29, 0.717) is 17.0 Å². The van der Waals surface area contributed by atoms with Crippen LogP contribution >= 0.6 is 11.6 Å². The molecule has 0 aromatic heterocycles. The summed E-state index contributed by atoms with van der Waals surface area (Å²) < 4.78 is 4.85. The Bertz CT molecular complexity index is 688. The van der Waals surface area contributed by atoms with E-state index in [0.717, 1.165) is 4.90 Å². The topological polar surface area (TPSA) is 92.8 Å². The number of Topliss-reactive ketones (excluding diaryl/α,β-unsaturated/α-hetero) is 1. The van der Waals surface area contributed by atoms with Gasteiger partial charge in [0, 0.05) is 10.6 Å². The lowest BCUT2D eigenvalue weighted by Gasteiger charge is -2.18. The number of esters is 1. The molecule has 1 aromatic carbocycles. The van der Waals surface area contributed by atoms with Gasteiger partial charge in [0.1, 0.15) is 12.1 Å². The second-order valence-corrected chi connectivity index (χ2v) is 6.03. The number of rotatable bonds is 6. The van der Waals surface area contributed by atoms with Gasteiger partial charge < -0.3 is 10.1 Å². The molecular formula is C16H17ClN2O5. The quantitative estimate of drug-likeness (QED) is 0.478. The first-order chi connectivity index (χ1) is 11.3. The van der Waals surface area contributed by atoms with Crippen LogP contribution in [-0.4, -0.2) is 47.3 Å². The minimum Gasteiger partial charge on any atom is -0.456 e. The standard InChI is InChI=1S/C16H17ClN2O5/c1-3-16(2)14(22)19(15(23)18-16)8-13(21)24-9-12(20)10-4-6-11(17)7-5-10/h4-7H,3,8-9H2,1-2H3,(H,18,23)/t16-/m0/s1. The number of ether oxygens (including phenoxy) is 1. The summed E-state index contributed by atoms with van der Waals surface area (Å²) >= 11 is 5.73. The van der Waals surface area contributed by atoms with Crippen LogP contribution in [-0.2, 0) is 14.3 Å². The Balaban J connectivity index is 1.90. The molecule has 1 aliphatic rings.